The molecule has 0 unspecified atom stereocenters. The number of nitrogens with two attached hydrogens (primary N) is 1. The molecule has 3 rings (SSSR count). The van der Waals surface area contributed by atoms with E-state index >= 15 is 0 Å². The summed E-state index contributed by atoms with van der Waals surface area (Å²) in [5.74, 6) is 0.310. The van der Waals surface area contributed by atoms with E-state index < -0.39 is 0 Å². The number of hydrogen-bond donors (Lipinski definition) is 1. The summed E-state index contributed by atoms with van der Waals surface area (Å²) >= 11 is 2.20. The van der Waals surface area contributed by atoms with Gasteiger partial charge < -0.3 is 10.3 Å². The Labute approximate surface area is 128 Å². The Morgan fingerprint density at radius 3 is 2.65 bits per heavy atom. The van der Waals surface area contributed by atoms with E-state index in [0.29, 0.717) is 16.9 Å². The van der Waals surface area contributed by atoms with Crippen LogP contribution in [0.5, 0.6) is 0 Å². The Morgan fingerprint density at radius 1 is 1.10 bits per heavy atom. The second-order valence-corrected chi connectivity index (χ2v) is 5.51. The Morgan fingerprint density at radius 2 is 1.90 bits per heavy atom. The lowest BCUT2D eigenvalue weighted by Gasteiger charge is -2.04. The van der Waals surface area contributed by atoms with Gasteiger partial charge in [0.1, 0.15) is 5.82 Å². The number of benzene rings is 2. The molecule has 0 atom stereocenters. The van der Waals surface area contributed by atoms with Gasteiger partial charge in [-0.1, -0.05) is 35.5 Å². The summed E-state index contributed by atoms with van der Waals surface area (Å²) in [6, 6.07) is 14.1. The van der Waals surface area contributed by atoms with E-state index in [4.69, 9.17) is 10.3 Å². The molecular weight excluding hydrogens is 370 g/mol. The third kappa shape index (κ3) is 2.29. The van der Waals surface area contributed by atoms with Crippen molar-refractivity contribution in [3.8, 4) is 22.5 Å². The van der Waals surface area contributed by atoms with Crippen molar-refractivity contribution in [2.75, 3.05) is 5.73 Å². The van der Waals surface area contributed by atoms with Crippen LogP contribution in [0.3, 0.4) is 0 Å². The number of rotatable bonds is 2. The summed E-state index contributed by atoms with van der Waals surface area (Å²) in [4.78, 5) is 0. The first kappa shape index (κ1) is 13.1. The van der Waals surface area contributed by atoms with Crippen LogP contribution in [-0.4, -0.2) is 5.16 Å². The molecule has 100 valence electrons. The van der Waals surface area contributed by atoms with Crippen LogP contribution < -0.4 is 5.73 Å². The normalized spacial score (nSPS) is 10.7. The van der Waals surface area contributed by atoms with Crippen LogP contribution in [0.25, 0.3) is 22.5 Å². The van der Waals surface area contributed by atoms with Gasteiger partial charge in [-0.05, 0) is 40.8 Å². The van der Waals surface area contributed by atoms with Crippen molar-refractivity contribution in [2.24, 2.45) is 0 Å². The summed E-state index contributed by atoms with van der Waals surface area (Å²) < 4.78 is 20.3. The summed E-state index contributed by atoms with van der Waals surface area (Å²) in [5.41, 5.74) is 7.54. The molecule has 3 nitrogen and oxygen atoms in total. The molecule has 5 heteroatoms. The maximum atomic E-state index is 14.0. The fraction of sp³-hybridized carbons (Fsp3) is 0. The molecule has 1 aromatic heterocycles. The number of nitrogens with zero attached hydrogens (tertiary/aromatic N) is 1. The zero-order valence-corrected chi connectivity index (χ0v) is 12.5. The van der Waals surface area contributed by atoms with E-state index in [1.807, 2.05) is 24.3 Å². The highest BCUT2D eigenvalue weighted by molar-refractivity contribution is 14.1. The minimum absolute atomic E-state index is 0.184. The monoisotopic (exact) mass is 380 g/mol. The van der Waals surface area contributed by atoms with Crippen molar-refractivity contribution in [3.63, 3.8) is 0 Å². The van der Waals surface area contributed by atoms with Crippen molar-refractivity contribution >= 4 is 28.4 Å². The van der Waals surface area contributed by atoms with Crippen LogP contribution in [0, 0.1) is 9.39 Å². The quantitative estimate of drug-likeness (QED) is 0.674. The molecule has 1 heterocycles. The molecule has 2 N–H and O–H groups in total. The van der Waals surface area contributed by atoms with Gasteiger partial charge in [0.05, 0.1) is 5.56 Å². The predicted molar refractivity (Wildman–Crippen MR) is 84.5 cm³/mol. The minimum Gasteiger partial charge on any atom is -0.380 e. The van der Waals surface area contributed by atoms with Crippen LogP contribution in [-0.2, 0) is 0 Å². The maximum Gasteiger partial charge on any atom is 0.177 e. The fourth-order valence-corrected chi connectivity index (χ4v) is 2.60. The third-order valence-corrected chi connectivity index (χ3v) is 3.62. The van der Waals surface area contributed by atoms with Crippen LogP contribution in [0.1, 0.15) is 0 Å². The lowest BCUT2D eigenvalue weighted by molar-refractivity contribution is 0.436. The van der Waals surface area contributed by atoms with Crippen LogP contribution in [0.2, 0.25) is 0 Å². The van der Waals surface area contributed by atoms with Gasteiger partial charge in [0, 0.05) is 14.7 Å². The molecule has 0 amide bonds. The van der Waals surface area contributed by atoms with E-state index in [2.05, 4.69) is 27.7 Å². The zero-order valence-electron chi connectivity index (χ0n) is 10.3. The average molecular weight is 380 g/mol. The van der Waals surface area contributed by atoms with Gasteiger partial charge in [-0.25, -0.2) is 4.39 Å². The lowest BCUT2D eigenvalue weighted by Crippen LogP contribution is -1.91. The molecular formula is C15H10FIN2O. The number of anilines is 1. The van der Waals surface area contributed by atoms with E-state index in [1.165, 1.54) is 6.07 Å². The molecule has 0 aliphatic carbocycles. The van der Waals surface area contributed by atoms with E-state index in [1.54, 1.807) is 18.2 Å². The van der Waals surface area contributed by atoms with E-state index in [-0.39, 0.29) is 11.6 Å². The number of halogens is 2. The Balaban J connectivity index is 2.23. The molecule has 0 bridgehead atoms. The smallest absolute Gasteiger partial charge is 0.177 e. The Kier molecular flexibility index (Phi) is 3.43. The second-order valence-electron chi connectivity index (χ2n) is 4.26. The highest BCUT2D eigenvalue weighted by Gasteiger charge is 2.20. The van der Waals surface area contributed by atoms with Crippen LogP contribution in [0.15, 0.2) is 53.1 Å². The average Bonchev–Trinajstić information content (AvgIpc) is 2.81. The first-order valence-electron chi connectivity index (χ1n) is 5.93. The van der Waals surface area contributed by atoms with Gasteiger partial charge in [-0.2, -0.15) is 0 Å². The first-order valence-corrected chi connectivity index (χ1v) is 7.00. The van der Waals surface area contributed by atoms with Crippen molar-refractivity contribution in [2.45, 2.75) is 0 Å². The maximum absolute atomic E-state index is 14.0. The molecule has 0 saturated heterocycles. The van der Waals surface area contributed by atoms with E-state index in [0.717, 1.165) is 9.13 Å². The topological polar surface area (TPSA) is 52.0 Å². The molecule has 0 aliphatic heterocycles. The van der Waals surface area contributed by atoms with Gasteiger partial charge in [0.15, 0.2) is 11.6 Å². The molecule has 0 radical (unpaired) electrons. The number of aromatic nitrogens is 1. The molecule has 0 aliphatic rings. The molecule has 0 fully saturated rings. The SMILES string of the molecule is Nc1noc(-c2cccc(I)c2)c1-c1ccccc1F. The van der Waals surface area contributed by atoms with Gasteiger partial charge in [-0.3, -0.25) is 0 Å². The van der Waals surface area contributed by atoms with Crippen molar-refractivity contribution in [3.05, 3.63) is 57.9 Å². The van der Waals surface area contributed by atoms with Gasteiger partial charge in [0.25, 0.3) is 0 Å². The molecule has 20 heavy (non-hydrogen) atoms. The number of nitrogen functional groups attached to an aromatic ring is 1. The summed E-state index contributed by atoms with van der Waals surface area (Å²) in [7, 11) is 0. The molecule has 0 spiro atoms. The van der Waals surface area contributed by atoms with Crippen LogP contribution >= 0.6 is 22.6 Å². The first-order chi connectivity index (χ1) is 9.66. The highest BCUT2D eigenvalue weighted by Crippen LogP contribution is 2.37. The lowest BCUT2D eigenvalue weighted by atomic mass is 10.0. The van der Waals surface area contributed by atoms with Gasteiger partial charge >= 0.3 is 0 Å². The van der Waals surface area contributed by atoms with Crippen LogP contribution in [0.4, 0.5) is 10.2 Å². The standard InChI is InChI=1S/C15H10FIN2O/c16-12-7-2-1-6-11(12)13-14(20-19-15(13)18)9-4-3-5-10(17)8-9/h1-8H,(H2,18,19). The molecule has 3 aromatic rings. The third-order valence-electron chi connectivity index (χ3n) is 2.95. The molecule has 2 aromatic carbocycles. The number of hydrogen-bond acceptors (Lipinski definition) is 3. The summed E-state index contributed by atoms with van der Waals surface area (Å²) in [6.07, 6.45) is 0. The largest absolute Gasteiger partial charge is 0.380 e. The van der Waals surface area contributed by atoms with Crippen molar-refractivity contribution in [1.82, 2.24) is 5.16 Å². The highest BCUT2D eigenvalue weighted by atomic mass is 127. The summed E-state index contributed by atoms with van der Waals surface area (Å²) in [6.45, 7) is 0. The molecule has 0 saturated carbocycles. The van der Waals surface area contributed by atoms with E-state index in [9.17, 15) is 4.39 Å². The van der Waals surface area contributed by atoms with Gasteiger partial charge in [-0.15, -0.1) is 0 Å². The second kappa shape index (κ2) is 5.24. The minimum atomic E-state index is -0.353. The Bertz CT molecular complexity index is 770. The predicted octanol–water partition coefficient (Wildman–Crippen LogP) is 4.33. The zero-order chi connectivity index (χ0) is 14.1. The van der Waals surface area contributed by atoms with Gasteiger partial charge in [0.2, 0.25) is 0 Å². The van der Waals surface area contributed by atoms with Crippen molar-refractivity contribution in [1.29, 1.82) is 0 Å². The van der Waals surface area contributed by atoms with Crippen molar-refractivity contribution < 1.29 is 8.91 Å². The Hall–Kier alpha value is -1.89. The summed E-state index contributed by atoms with van der Waals surface area (Å²) in [5, 5.41) is 3.77. The fourth-order valence-electron chi connectivity index (χ4n) is 2.05.